The monoisotopic (exact) mass is 332 g/mol. The maximum Gasteiger partial charge on any atom is 0.161 e. The zero-order valence-corrected chi connectivity index (χ0v) is 14.5. The van der Waals surface area contributed by atoms with Crippen molar-refractivity contribution in [3.8, 4) is 11.5 Å². The molecule has 1 saturated carbocycles. The predicted octanol–water partition coefficient (Wildman–Crippen LogP) is 2.22. The standard InChI is InChI=1S/C19H28N2O3/c1-14-13-21(8-9-22-14)7-6-20-19(15-2-3-15)16-4-5-17-18(12-16)24-11-10-23-17/h4-5,12,14-15,19-20H,2-3,6-11,13H2,1H3. The van der Waals surface area contributed by atoms with Gasteiger partial charge >= 0.3 is 0 Å². The van der Waals surface area contributed by atoms with E-state index in [9.17, 15) is 0 Å². The molecule has 2 heterocycles. The summed E-state index contributed by atoms with van der Waals surface area (Å²) >= 11 is 0. The lowest BCUT2D eigenvalue weighted by atomic mass is 10.0. The first-order valence-corrected chi connectivity index (χ1v) is 9.26. The number of morpholine rings is 1. The maximum absolute atomic E-state index is 5.75. The second-order valence-electron chi connectivity index (χ2n) is 7.15. The van der Waals surface area contributed by atoms with Gasteiger partial charge in [0, 0.05) is 32.2 Å². The topological polar surface area (TPSA) is 43.0 Å². The quantitative estimate of drug-likeness (QED) is 0.865. The Kier molecular flexibility index (Phi) is 4.92. The molecule has 0 radical (unpaired) electrons. The summed E-state index contributed by atoms with van der Waals surface area (Å²) in [6.07, 6.45) is 3.00. The van der Waals surface area contributed by atoms with Gasteiger partial charge in [-0.25, -0.2) is 0 Å². The van der Waals surface area contributed by atoms with E-state index in [1.54, 1.807) is 0 Å². The Hall–Kier alpha value is -1.30. The highest BCUT2D eigenvalue weighted by Gasteiger charge is 2.32. The van der Waals surface area contributed by atoms with Crippen LogP contribution in [0.3, 0.4) is 0 Å². The molecule has 2 fully saturated rings. The van der Waals surface area contributed by atoms with Gasteiger partial charge in [-0.3, -0.25) is 4.90 Å². The van der Waals surface area contributed by atoms with Gasteiger partial charge in [0.2, 0.25) is 0 Å². The highest BCUT2D eigenvalue weighted by Crippen LogP contribution is 2.43. The van der Waals surface area contributed by atoms with E-state index in [0.717, 1.165) is 50.2 Å². The molecule has 1 saturated heterocycles. The average Bonchev–Trinajstić information content (AvgIpc) is 3.43. The Labute approximate surface area is 144 Å². The minimum Gasteiger partial charge on any atom is -0.486 e. The van der Waals surface area contributed by atoms with E-state index in [4.69, 9.17) is 14.2 Å². The van der Waals surface area contributed by atoms with Gasteiger partial charge in [-0.1, -0.05) is 6.07 Å². The fourth-order valence-electron chi connectivity index (χ4n) is 3.71. The van der Waals surface area contributed by atoms with Crippen LogP contribution in [0.1, 0.15) is 31.4 Å². The zero-order chi connectivity index (χ0) is 16.4. The Morgan fingerprint density at radius 2 is 2.00 bits per heavy atom. The number of hydrogen-bond acceptors (Lipinski definition) is 5. The summed E-state index contributed by atoms with van der Waals surface area (Å²) in [6.45, 7) is 8.49. The van der Waals surface area contributed by atoms with Crippen molar-refractivity contribution >= 4 is 0 Å². The molecule has 3 aliphatic rings. The van der Waals surface area contributed by atoms with Crippen molar-refractivity contribution in [3.05, 3.63) is 23.8 Å². The van der Waals surface area contributed by atoms with Crippen LogP contribution in [0, 0.1) is 5.92 Å². The van der Waals surface area contributed by atoms with Gasteiger partial charge in [0.05, 0.1) is 12.7 Å². The molecule has 0 spiro atoms. The van der Waals surface area contributed by atoms with Crippen molar-refractivity contribution in [2.24, 2.45) is 5.92 Å². The normalized spacial score (nSPS) is 25.5. The molecule has 1 aliphatic carbocycles. The molecule has 2 aliphatic heterocycles. The number of fused-ring (bicyclic) bond motifs is 1. The van der Waals surface area contributed by atoms with Gasteiger partial charge in [-0.05, 0) is 43.4 Å². The largest absolute Gasteiger partial charge is 0.486 e. The van der Waals surface area contributed by atoms with Crippen LogP contribution in [0.4, 0.5) is 0 Å². The van der Waals surface area contributed by atoms with Gasteiger partial charge in [-0.2, -0.15) is 0 Å². The van der Waals surface area contributed by atoms with Crippen LogP contribution in [0.15, 0.2) is 18.2 Å². The SMILES string of the molecule is CC1CN(CCNC(c2ccc3c(c2)OCCO3)C2CC2)CCO1. The van der Waals surface area contributed by atoms with Crippen LogP contribution in [0.2, 0.25) is 0 Å². The van der Waals surface area contributed by atoms with Gasteiger partial charge in [-0.15, -0.1) is 0 Å². The molecule has 0 bridgehead atoms. The Balaban J connectivity index is 1.36. The first-order chi connectivity index (χ1) is 11.8. The Morgan fingerprint density at radius 1 is 1.17 bits per heavy atom. The lowest BCUT2D eigenvalue weighted by Gasteiger charge is -2.31. The van der Waals surface area contributed by atoms with Crippen LogP contribution in [-0.4, -0.2) is 57.0 Å². The fraction of sp³-hybridized carbons (Fsp3) is 0.684. The first-order valence-electron chi connectivity index (χ1n) is 9.26. The second-order valence-corrected chi connectivity index (χ2v) is 7.15. The number of ether oxygens (including phenoxy) is 3. The number of rotatable bonds is 6. The molecule has 0 amide bonds. The summed E-state index contributed by atoms with van der Waals surface area (Å²) < 4.78 is 17.0. The number of nitrogens with one attached hydrogen (secondary N) is 1. The van der Waals surface area contributed by atoms with E-state index >= 15 is 0 Å². The molecular weight excluding hydrogens is 304 g/mol. The van der Waals surface area contributed by atoms with Crippen molar-refractivity contribution in [1.29, 1.82) is 0 Å². The summed E-state index contributed by atoms with van der Waals surface area (Å²) in [4.78, 5) is 2.49. The van der Waals surface area contributed by atoms with Gasteiger partial charge in [0.1, 0.15) is 13.2 Å². The van der Waals surface area contributed by atoms with Gasteiger partial charge in [0.25, 0.3) is 0 Å². The summed E-state index contributed by atoms with van der Waals surface area (Å²) in [5.74, 6) is 2.53. The van der Waals surface area contributed by atoms with Crippen molar-refractivity contribution in [3.63, 3.8) is 0 Å². The summed E-state index contributed by atoms with van der Waals surface area (Å²) in [7, 11) is 0. The average molecular weight is 332 g/mol. The Bertz CT molecular complexity index is 562. The minimum atomic E-state index is 0.357. The summed E-state index contributed by atoms with van der Waals surface area (Å²) in [5.41, 5.74) is 1.33. The molecule has 5 nitrogen and oxygen atoms in total. The maximum atomic E-state index is 5.75. The highest BCUT2D eigenvalue weighted by molar-refractivity contribution is 5.45. The van der Waals surface area contributed by atoms with Crippen molar-refractivity contribution in [2.75, 3.05) is 46.0 Å². The van der Waals surface area contributed by atoms with Crippen molar-refractivity contribution < 1.29 is 14.2 Å². The molecular formula is C19H28N2O3. The minimum absolute atomic E-state index is 0.357. The smallest absolute Gasteiger partial charge is 0.161 e. The molecule has 1 N–H and O–H groups in total. The van der Waals surface area contributed by atoms with Crippen LogP contribution in [0.25, 0.3) is 0 Å². The van der Waals surface area contributed by atoms with Crippen molar-refractivity contribution in [1.82, 2.24) is 10.2 Å². The molecule has 2 unspecified atom stereocenters. The van der Waals surface area contributed by atoms with Crippen molar-refractivity contribution in [2.45, 2.75) is 31.9 Å². The lowest BCUT2D eigenvalue weighted by Crippen LogP contribution is -2.44. The number of nitrogens with zero attached hydrogens (tertiary/aromatic N) is 1. The van der Waals surface area contributed by atoms with Gasteiger partial charge in [0.15, 0.2) is 11.5 Å². The molecule has 24 heavy (non-hydrogen) atoms. The molecule has 5 heteroatoms. The van der Waals surface area contributed by atoms with E-state index in [0.29, 0.717) is 25.4 Å². The third-order valence-corrected chi connectivity index (χ3v) is 5.14. The van der Waals surface area contributed by atoms with Crippen LogP contribution in [-0.2, 0) is 4.74 Å². The van der Waals surface area contributed by atoms with E-state index in [-0.39, 0.29) is 0 Å². The predicted molar refractivity (Wildman–Crippen MR) is 92.8 cm³/mol. The Morgan fingerprint density at radius 3 is 2.79 bits per heavy atom. The molecule has 2 atom stereocenters. The van der Waals surface area contributed by atoms with Crippen LogP contribution in [0.5, 0.6) is 11.5 Å². The van der Waals surface area contributed by atoms with E-state index in [2.05, 4.69) is 35.3 Å². The lowest BCUT2D eigenvalue weighted by molar-refractivity contribution is -0.0178. The molecule has 132 valence electrons. The first kappa shape index (κ1) is 16.2. The molecule has 4 rings (SSSR count). The van der Waals surface area contributed by atoms with E-state index < -0.39 is 0 Å². The van der Waals surface area contributed by atoms with Crippen LogP contribution < -0.4 is 14.8 Å². The zero-order valence-electron chi connectivity index (χ0n) is 14.5. The van der Waals surface area contributed by atoms with Gasteiger partial charge < -0.3 is 19.5 Å². The summed E-state index contributed by atoms with van der Waals surface area (Å²) in [5, 5.41) is 3.79. The highest BCUT2D eigenvalue weighted by atomic mass is 16.6. The third kappa shape index (κ3) is 3.85. The van der Waals surface area contributed by atoms with E-state index in [1.807, 2.05) is 0 Å². The molecule has 0 aromatic heterocycles. The fourth-order valence-corrected chi connectivity index (χ4v) is 3.71. The molecule has 1 aromatic rings. The van der Waals surface area contributed by atoms with Crippen LogP contribution >= 0.6 is 0 Å². The molecule has 1 aromatic carbocycles. The second kappa shape index (κ2) is 7.30. The number of benzene rings is 1. The summed E-state index contributed by atoms with van der Waals surface area (Å²) in [6, 6.07) is 6.85. The van der Waals surface area contributed by atoms with E-state index in [1.165, 1.54) is 18.4 Å². The third-order valence-electron chi connectivity index (χ3n) is 5.14. The number of hydrogen-bond donors (Lipinski definition) is 1.